The van der Waals surface area contributed by atoms with Crippen LogP contribution in [0.4, 0.5) is 17.5 Å². The highest BCUT2D eigenvalue weighted by Gasteiger charge is 2.46. The fourth-order valence-corrected chi connectivity index (χ4v) is 7.77. The smallest absolute Gasteiger partial charge is 0.289 e. The molecule has 0 saturated carbocycles. The van der Waals surface area contributed by atoms with Gasteiger partial charge in [0.25, 0.3) is 5.69 Å². The molecular weight excluding hydrogens is 584 g/mol. The minimum absolute atomic E-state index is 0.0790. The lowest BCUT2D eigenvalue weighted by molar-refractivity contribution is -0.387. The number of nitrogens with zero attached hydrogens (tertiary/aromatic N) is 8. The average Bonchev–Trinajstić information content (AvgIpc) is 3.60. The Morgan fingerprint density at radius 1 is 1.14 bits per heavy atom. The van der Waals surface area contributed by atoms with Crippen molar-refractivity contribution in [2.45, 2.75) is 36.8 Å². The first kappa shape index (κ1) is 29.5. The van der Waals surface area contributed by atoms with Crippen LogP contribution in [0.2, 0.25) is 0 Å². The predicted molar refractivity (Wildman–Crippen MR) is 164 cm³/mol. The van der Waals surface area contributed by atoms with E-state index in [2.05, 4.69) is 11.0 Å². The van der Waals surface area contributed by atoms with Gasteiger partial charge in [0.2, 0.25) is 16.0 Å². The van der Waals surface area contributed by atoms with E-state index >= 15 is 0 Å². The molecule has 0 radical (unpaired) electrons. The van der Waals surface area contributed by atoms with E-state index < -0.39 is 26.2 Å². The number of nitriles is 1. The molecule has 44 heavy (non-hydrogen) atoms. The molecule has 228 valence electrons. The van der Waals surface area contributed by atoms with Gasteiger partial charge in [0.05, 0.1) is 16.6 Å². The van der Waals surface area contributed by atoms with Crippen LogP contribution >= 0.6 is 0 Å². The normalized spacial score (nSPS) is 19.0. The van der Waals surface area contributed by atoms with Crippen molar-refractivity contribution < 1.29 is 18.1 Å². The average molecular weight is 617 g/mol. The maximum absolute atomic E-state index is 13.8. The first-order valence-electron chi connectivity index (χ1n) is 14.1. The summed E-state index contributed by atoms with van der Waals surface area (Å²) in [4.78, 5) is 19.5. The highest BCUT2D eigenvalue weighted by atomic mass is 32.2. The number of rotatable bonds is 8. The lowest BCUT2D eigenvalue weighted by atomic mass is 9.97. The summed E-state index contributed by atoms with van der Waals surface area (Å²) >= 11 is 0. The molecule has 0 unspecified atom stereocenters. The standard InChI is InChI=1S/C30H32N8O5S/c1-20-23(16-31)27-32-29(36-17-22(18-36)43-4)33-37(27)28(26(20)21-10-6-5-7-11-21)35-15-14-30(2,19-35)34(3)44(41,42)25-13-9-8-12-24(25)38(39)40/h5-13,22H,14-15,17-19H2,1-4H3/t30-/m0/s1. The Balaban J connectivity index is 1.47. The van der Waals surface area contributed by atoms with Crippen LogP contribution in [0.5, 0.6) is 0 Å². The van der Waals surface area contributed by atoms with Crippen LogP contribution < -0.4 is 9.80 Å². The number of aromatic nitrogens is 3. The van der Waals surface area contributed by atoms with E-state index in [1.165, 1.54) is 35.6 Å². The molecule has 4 aromatic rings. The number of benzene rings is 2. The Labute approximate surface area is 255 Å². The lowest BCUT2D eigenvalue weighted by Gasteiger charge is -2.37. The summed E-state index contributed by atoms with van der Waals surface area (Å²) in [6.07, 6.45) is 0.525. The molecule has 4 heterocycles. The van der Waals surface area contributed by atoms with Crippen LogP contribution in [-0.4, -0.2) is 84.2 Å². The number of nitro benzene ring substituents is 1. The SMILES string of the molecule is COC1CN(c2nc3c(C#N)c(C)c(-c4ccccc4)c(N4CC[C@](C)(N(C)S(=O)(=O)c5ccccc5[N+](=O)[O-])C4)n3n2)C1. The molecule has 2 aromatic heterocycles. The van der Waals surface area contributed by atoms with Crippen molar-refractivity contribution >= 4 is 33.1 Å². The maximum atomic E-state index is 13.8. The summed E-state index contributed by atoms with van der Waals surface area (Å²) in [5.41, 5.74) is 1.87. The molecule has 13 nitrogen and oxygen atoms in total. The fourth-order valence-electron chi connectivity index (χ4n) is 6.08. The molecule has 2 fully saturated rings. The van der Waals surface area contributed by atoms with E-state index in [0.717, 1.165) is 16.7 Å². The molecule has 0 aliphatic carbocycles. The van der Waals surface area contributed by atoms with E-state index in [9.17, 15) is 23.8 Å². The molecule has 1 atom stereocenters. The fraction of sp³-hybridized carbons (Fsp3) is 0.367. The van der Waals surface area contributed by atoms with Crippen LogP contribution in [-0.2, 0) is 14.8 Å². The molecule has 0 spiro atoms. The van der Waals surface area contributed by atoms with Crippen LogP contribution in [0.3, 0.4) is 0 Å². The van der Waals surface area contributed by atoms with Crippen LogP contribution in [0.25, 0.3) is 16.8 Å². The number of hydrogen-bond donors (Lipinski definition) is 0. The van der Waals surface area contributed by atoms with Crippen LogP contribution in [0.1, 0.15) is 24.5 Å². The molecule has 2 aliphatic rings. The van der Waals surface area contributed by atoms with Gasteiger partial charge in [0.1, 0.15) is 17.5 Å². The van der Waals surface area contributed by atoms with Crippen molar-refractivity contribution in [3.05, 3.63) is 75.8 Å². The zero-order chi connectivity index (χ0) is 31.4. The Kier molecular flexibility index (Phi) is 7.27. The number of methoxy groups -OCH3 is 1. The zero-order valence-corrected chi connectivity index (χ0v) is 25.7. The van der Waals surface area contributed by atoms with Crippen molar-refractivity contribution in [1.29, 1.82) is 5.26 Å². The van der Waals surface area contributed by atoms with Gasteiger partial charge in [0, 0.05) is 52.0 Å². The van der Waals surface area contributed by atoms with Crippen molar-refractivity contribution in [2.75, 3.05) is 50.1 Å². The number of likely N-dealkylation sites (N-methyl/N-ethyl adjacent to an activating group) is 1. The number of anilines is 2. The minimum atomic E-state index is -4.23. The first-order chi connectivity index (χ1) is 21.0. The van der Waals surface area contributed by atoms with E-state index in [4.69, 9.17) is 14.8 Å². The van der Waals surface area contributed by atoms with Crippen molar-refractivity contribution in [3.8, 4) is 17.2 Å². The van der Waals surface area contributed by atoms with Gasteiger partial charge in [-0.05, 0) is 37.5 Å². The topological polar surface area (TPSA) is 150 Å². The number of sulfonamides is 1. The Hall–Kier alpha value is -4.58. The van der Waals surface area contributed by atoms with Gasteiger partial charge < -0.3 is 14.5 Å². The Morgan fingerprint density at radius 3 is 2.48 bits per heavy atom. The highest BCUT2D eigenvalue weighted by molar-refractivity contribution is 7.89. The molecule has 2 saturated heterocycles. The van der Waals surface area contributed by atoms with Gasteiger partial charge >= 0.3 is 0 Å². The summed E-state index contributed by atoms with van der Waals surface area (Å²) in [7, 11) is -1.09. The monoisotopic (exact) mass is 616 g/mol. The van der Waals surface area contributed by atoms with Crippen molar-refractivity contribution in [2.24, 2.45) is 0 Å². The van der Waals surface area contributed by atoms with Gasteiger partial charge in [-0.1, -0.05) is 42.5 Å². The quantitative estimate of drug-likeness (QED) is 0.212. The third-order valence-corrected chi connectivity index (χ3v) is 10.9. The summed E-state index contributed by atoms with van der Waals surface area (Å²) in [5.74, 6) is 1.18. The number of pyridine rings is 1. The molecule has 2 aromatic carbocycles. The van der Waals surface area contributed by atoms with E-state index in [0.29, 0.717) is 49.0 Å². The second-order valence-electron chi connectivity index (χ2n) is 11.5. The molecule has 0 bridgehead atoms. The van der Waals surface area contributed by atoms with Crippen LogP contribution in [0.15, 0.2) is 59.5 Å². The number of ether oxygens (including phenoxy) is 1. The molecule has 0 amide bonds. The summed E-state index contributed by atoms with van der Waals surface area (Å²) in [6.45, 7) is 5.74. The van der Waals surface area contributed by atoms with E-state index in [1.54, 1.807) is 11.6 Å². The highest BCUT2D eigenvalue weighted by Crippen LogP contribution is 2.42. The van der Waals surface area contributed by atoms with Crippen LogP contribution in [0, 0.1) is 28.4 Å². The Morgan fingerprint density at radius 2 is 1.82 bits per heavy atom. The minimum Gasteiger partial charge on any atom is -0.378 e. The Bertz CT molecular complexity index is 1920. The van der Waals surface area contributed by atoms with E-state index in [-0.39, 0.29) is 17.5 Å². The number of hydrogen-bond acceptors (Lipinski definition) is 10. The second kappa shape index (κ2) is 10.8. The lowest BCUT2D eigenvalue weighted by Crippen LogP contribution is -2.52. The van der Waals surface area contributed by atoms with Crippen molar-refractivity contribution in [1.82, 2.24) is 18.9 Å². The summed E-state index contributed by atoms with van der Waals surface area (Å²) in [6, 6.07) is 17.4. The maximum Gasteiger partial charge on any atom is 0.289 e. The number of nitro groups is 1. The molecule has 14 heteroatoms. The second-order valence-corrected chi connectivity index (χ2v) is 13.4. The summed E-state index contributed by atoms with van der Waals surface area (Å²) in [5, 5.41) is 26.8. The molecular formula is C30H32N8O5S. The molecule has 6 rings (SSSR count). The molecule has 2 aliphatic heterocycles. The third kappa shape index (κ3) is 4.64. The van der Waals surface area contributed by atoms with Gasteiger partial charge in [-0.25, -0.2) is 8.42 Å². The van der Waals surface area contributed by atoms with E-state index in [1.807, 2.05) is 49.1 Å². The molecule has 0 N–H and O–H groups in total. The third-order valence-electron chi connectivity index (χ3n) is 8.84. The van der Waals surface area contributed by atoms with Crippen molar-refractivity contribution in [3.63, 3.8) is 0 Å². The largest absolute Gasteiger partial charge is 0.378 e. The van der Waals surface area contributed by atoms with Gasteiger partial charge in [-0.3, -0.25) is 10.1 Å². The van der Waals surface area contributed by atoms with Gasteiger partial charge in [0.15, 0.2) is 10.5 Å². The predicted octanol–water partition coefficient (Wildman–Crippen LogP) is 3.61. The first-order valence-corrected chi connectivity index (χ1v) is 15.6. The zero-order valence-electron chi connectivity index (χ0n) is 24.8. The number of fused-ring (bicyclic) bond motifs is 1. The summed E-state index contributed by atoms with van der Waals surface area (Å²) < 4.78 is 36.0. The number of para-hydroxylation sites is 1. The van der Waals surface area contributed by atoms with Gasteiger partial charge in [-0.15, -0.1) is 5.10 Å². The van der Waals surface area contributed by atoms with Gasteiger partial charge in [-0.2, -0.15) is 19.1 Å².